The van der Waals surface area contributed by atoms with Crippen LogP contribution in [0.5, 0.6) is 0 Å². The lowest BCUT2D eigenvalue weighted by Gasteiger charge is -2.19. The van der Waals surface area contributed by atoms with E-state index >= 15 is 0 Å². The second-order valence-corrected chi connectivity index (χ2v) is 5.68. The lowest BCUT2D eigenvalue weighted by molar-refractivity contribution is -0.142. The first-order valence-electron chi connectivity index (χ1n) is 6.59. The van der Waals surface area contributed by atoms with Crippen LogP contribution in [0.2, 0.25) is 0 Å². The van der Waals surface area contributed by atoms with Crippen LogP contribution < -0.4 is 0 Å². The molecule has 1 aromatic carbocycles. The van der Waals surface area contributed by atoms with Gasteiger partial charge in [-0.25, -0.2) is 0 Å². The summed E-state index contributed by atoms with van der Waals surface area (Å²) in [6.45, 7) is 7.44. The highest BCUT2D eigenvalue weighted by atomic mass is 16.4. The predicted octanol–water partition coefficient (Wildman–Crippen LogP) is 3.07. The monoisotopic (exact) mass is 272 g/mol. The molecule has 1 N–H and O–H groups in total. The molecule has 2 rings (SSSR count). The van der Waals surface area contributed by atoms with Crippen LogP contribution in [-0.4, -0.2) is 20.9 Å². The molecule has 0 atom stereocenters. The number of carbonyl (C=O) groups is 1. The summed E-state index contributed by atoms with van der Waals surface area (Å²) in [7, 11) is 1.92. The molecule has 0 aliphatic carbocycles. The van der Waals surface area contributed by atoms with Crippen LogP contribution in [0.4, 0.5) is 0 Å². The van der Waals surface area contributed by atoms with Gasteiger partial charge >= 0.3 is 5.97 Å². The van der Waals surface area contributed by atoms with E-state index in [2.05, 4.69) is 5.10 Å². The Morgan fingerprint density at radius 2 is 1.75 bits per heavy atom. The van der Waals surface area contributed by atoms with Crippen LogP contribution in [-0.2, 0) is 17.3 Å². The number of hydrogen-bond acceptors (Lipinski definition) is 2. The number of aliphatic carboxylic acids is 1. The molecule has 0 amide bonds. The first-order chi connectivity index (χ1) is 9.25. The topological polar surface area (TPSA) is 55.1 Å². The van der Waals surface area contributed by atoms with Gasteiger partial charge in [-0.15, -0.1) is 0 Å². The third kappa shape index (κ3) is 2.22. The van der Waals surface area contributed by atoms with E-state index in [-0.39, 0.29) is 0 Å². The number of nitrogens with zero attached hydrogens (tertiary/aromatic N) is 2. The van der Waals surface area contributed by atoms with E-state index < -0.39 is 11.4 Å². The van der Waals surface area contributed by atoms with E-state index in [9.17, 15) is 9.90 Å². The number of benzene rings is 1. The van der Waals surface area contributed by atoms with Gasteiger partial charge in [0.05, 0.1) is 11.1 Å². The normalized spacial score (nSPS) is 11.7. The highest BCUT2D eigenvalue weighted by Gasteiger charge is 2.29. The standard InChI is InChI=1S/C16H20N2O2/c1-10-14(11(2)18(5)17-10)12-6-8-13(9-7-12)16(3,4)15(19)20/h6-9H,1-5H3,(H,19,20). The van der Waals surface area contributed by atoms with Crippen LogP contribution in [0.1, 0.15) is 30.8 Å². The smallest absolute Gasteiger partial charge is 0.313 e. The van der Waals surface area contributed by atoms with E-state index in [1.54, 1.807) is 13.8 Å². The minimum absolute atomic E-state index is 0.799. The Morgan fingerprint density at radius 3 is 2.15 bits per heavy atom. The molecule has 0 unspecified atom stereocenters. The summed E-state index contributed by atoms with van der Waals surface area (Å²) in [5.74, 6) is -0.820. The summed E-state index contributed by atoms with van der Waals surface area (Å²) >= 11 is 0. The van der Waals surface area contributed by atoms with Gasteiger partial charge in [-0.1, -0.05) is 24.3 Å². The second-order valence-electron chi connectivity index (χ2n) is 5.68. The number of aryl methyl sites for hydroxylation is 2. The van der Waals surface area contributed by atoms with Crippen molar-refractivity contribution in [1.82, 2.24) is 9.78 Å². The van der Waals surface area contributed by atoms with Crippen molar-refractivity contribution < 1.29 is 9.90 Å². The van der Waals surface area contributed by atoms with Gasteiger partial charge in [0.1, 0.15) is 0 Å². The van der Waals surface area contributed by atoms with Crippen molar-refractivity contribution in [3.8, 4) is 11.1 Å². The molecule has 0 aliphatic rings. The van der Waals surface area contributed by atoms with Crippen molar-refractivity contribution in [2.24, 2.45) is 7.05 Å². The van der Waals surface area contributed by atoms with Gasteiger partial charge in [0, 0.05) is 18.3 Å². The SMILES string of the molecule is Cc1nn(C)c(C)c1-c1ccc(C(C)(C)C(=O)O)cc1. The van der Waals surface area contributed by atoms with Crippen molar-refractivity contribution in [3.05, 3.63) is 41.2 Å². The van der Waals surface area contributed by atoms with E-state index in [1.807, 2.05) is 49.8 Å². The lowest BCUT2D eigenvalue weighted by atomic mass is 9.84. The van der Waals surface area contributed by atoms with Gasteiger partial charge in [-0.3, -0.25) is 9.48 Å². The quantitative estimate of drug-likeness (QED) is 0.934. The Morgan fingerprint density at radius 1 is 1.20 bits per heavy atom. The molecule has 1 aromatic heterocycles. The number of hydrogen-bond donors (Lipinski definition) is 1. The molecule has 0 saturated heterocycles. The number of carboxylic acids is 1. The summed E-state index contributed by atoms with van der Waals surface area (Å²) in [5.41, 5.74) is 4.19. The molecule has 0 bridgehead atoms. The fourth-order valence-electron chi connectivity index (χ4n) is 2.37. The lowest BCUT2D eigenvalue weighted by Crippen LogP contribution is -2.28. The van der Waals surface area contributed by atoms with Crippen molar-refractivity contribution >= 4 is 5.97 Å². The van der Waals surface area contributed by atoms with Crippen LogP contribution in [0, 0.1) is 13.8 Å². The molecule has 0 radical (unpaired) electrons. The highest BCUT2D eigenvalue weighted by molar-refractivity contribution is 5.80. The van der Waals surface area contributed by atoms with E-state index in [0.717, 1.165) is 28.1 Å². The zero-order valence-electron chi connectivity index (χ0n) is 12.6. The zero-order chi connectivity index (χ0) is 15.1. The van der Waals surface area contributed by atoms with Crippen molar-refractivity contribution in [1.29, 1.82) is 0 Å². The first-order valence-corrected chi connectivity index (χ1v) is 6.59. The first kappa shape index (κ1) is 14.3. The molecule has 4 heteroatoms. The summed E-state index contributed by atoms with van der Waals surface area (Å²) < 4.78 is 1.86. The maximum atomic E-state index is 11.3. The van der Waals surface area contributed by atoms with E-state index in [4.69, 9.17) is 0 Å². The molecule has 0 fully saturated rings. The van der Waals surface area contributed by atoms with Gasteiger partial charge in [0.2, 0.25) is 0 Å². The van der Waals surface area contributed by atoms with Crippen LogP contribution in [0.3, 0.4) is 0 Å². The maximum Gasteiger partial charge on any atom is 0.313 e. The average Bonchev–Trinajstić information content (AvgIpc) is 2.63. The molecule has 20 heavy (non-hydrogen) atoms. The molecule has 2 aromatic rings. The third-order valence-corrected chi connectivity index (χ3v) is 3.94. The maximum absolute atomic E-state index is 11.3. The summed E-state index contributed by atoms with van der Waals surface area (Å²) in [4.78, 5) is 11.3. The molecule has 0 spiro atoms. The number of rotatable bonds is 3. The minimum Gasteiger partial charge on any atom is -0.481 e. The summed E-state index contributed by atoms with van der Waals surface area (Å²) in [6.07, 6.45) is 0. The van der Waals surface area contributed by atoms with Crippen molar-refractivity contribution in [2.45, 2.75) is 33.1 Å². The predicted molar refractivity (Wildman–Crippen MR) is 78.8 cm³/mol. The molecule has 1 heterocycles. The van der Waals surface area contributed by atoms with Crippen molar-refractivity contribution in [3.63, 3.8) is 0 Å². The Kier molecular flexibility index (Phi) is 3.42. The molecular formula is C16H20N2O2. The Labute approximate surface area is 119 Å². The highest BCUT2D eigenvalue weighted by Crippen LogP contribution is 2.30. The fourth-order valence-corrected chi connectivity index (χ4v) is 2.37. The molecule has 4 nitrogen and oxygen atoms in total. The van der Waals surface area contributed by atoms with Crippen LogP contribution in [0.25, 0.3) is 11.1 Å². The molecular weight excluding hydrogens is 252 g/mol. The van der Waals surface area contributed by atoms with E-state index in [1.165, 1.54) is 0 Å². The molecule has 0 saturated carbocycles. The van der Waals surface area contributed by atoms with Gasteiger partial charge in [-0.05, 0) is 38.8 Å². The van der Waals surface area contributed by atoms with Gasteiger partial charge in [0.25, 0.3) is 0 Å². The van der Waals surface area contributed by atoms with Gasteiger partial charge < -0.3 is 5.11 Å². The van der Waals surface area contributed by atoms with Gasteiger partial charge in [0.15, 0.2) is 0 Å². The third-order valence-electron chi connectivity index (χ3n) is 3.94. The Balaban J connectivity index is 2.46. The second kappa shape index (κ2) is 4.78. The largest absolute Gasteiger partial charge is 0.481 e. The van der Waals surface area contributed by atoms with Crippen LogP contribution >= 0.6 is 0 Å². The van der Waals surface area contributed by atoms with Gasteiger partial charge in [-0.2, -0.15) is 5.10 Å². The fraction of sp³-hybridized carbons (Fsp3) is 0.375. The van der Waals surface area contributed by atoms with E-state index in [0.29, 0.717) is 0 Å². The average molecular weight is 272 g/mol. The number of aromatic nitrogens is 2. The number of carboxylic acid groups (broad SMARTS) is 1. The zero-order valence-corrected chi connectivity index (χ0v) is 12.6. The molecule has 106 valence electrons. The summed E-state index contributed by atoms with van der Waals surface area (Å²) in [5, 5.41) is 13.7. The molecule has 0 aliphatic heterocycles. The van der Waals surface area contributed by atoms with Crippen LogP contribution in [0.15, 0.2) is 24.3 Å². The Hall–Kier alpha value is -2.10. The Bertz CT molecular complexity index is 652. The summed E-state index contributed by atoms with van der Waals surface area (Å²) in [6, 6.07) is 7.71. The van der Waals surface area contributed by atoms with Crippen molar-refractivity contribution in [2.75, 3.05) is 0 Å². The minimum atomic E-state index is -0.877.